The van der Waals surface area contributed by atoms with Crippen molar-refractivity contribution in [3.05, 3.63) is 18.2 Å². The Labute approximate surface area is 147 Å². The molecular weight excluding hydrogens is 373 g/mol. The van der Waals surface area contributed by atoms with E-state index in [0.717, 1.165) is 47.9 Å². The van der Waals surface area contributed by atoms with Crippen LogP contribution >= 0.6 is 0 Å². The van der Waals surface area contributed by atoms with Crippen molar-refractivity contribution in [1.82, 2.24) is 15.0 Å². The fraction of sp³-hybridized carbons (Fsp3) is 0.500. The first kappa shape index (κ1) is 17.3. The van der Waals surface area contributed by atoms with Gasteiger partial charge in [-0.15, -0.1) is 0 Å². The van der Waals surface area contributed by atoms with E-state index in [2.05, 4.69) is 10.1 Å². The zero-order valence-corrected chi connectivity index (χ0v) is 16.0. The Morgan fingerprint density at radius 2 is 2.17 bits per heavy atom. The fourth-order valence-corrected chi connectivity index (χ4v) is 4.92. The molecule has 1 atom stereocenters. The number of hydrogen-bond acceptors (Lipinski definition) is 6. The zero-order valence-electron chi connectivity index (χ0n) is 13.9. The number of morpholine rings is 1. The molecule has 130 valence electrons. The van der Waals surface area contributed by atoms with Crippen LogP contribution in [0.15, 0.2) is 22.7 Å². The van der Waals surface area contributed by atoms with E-state index in [-0.39, 0.29) is 15.8 Å². The molecule has 1 unspecified atom stereocenters. The summed E-state index contributed by atoms with van der Waals surface area (Å²) < 4.78 is 17.1. The van der Waals surface area contributed by atoms with Gasteiger partial charge in [-0.1, -0.05) is 0 Å². The molecule has 1 aliphatic heterocycles. The maximum absolute atomic E-state index is 11.6. The van der Waals surface area contributed by atoms with Crippen LogP contribution in [0.2, 0.25) is 5.21 Å². The number of fused-ring (bicyclic) bond motifs is 1. The molecule has 0 aliphatic carbocycles. The number of carbonyl (C=O) groups is 1. The third-order valence-electron chi connectivity index (χ3n) is 3.84. The van der Waals surface area contributed by atoms with E-state index in [1.165, 1.54) is 4.90 Å². The van der Waals surface area contributed by atoms with Gasteiger partial charge in [0.2, 0.25) is 0 Å². The van der Waals surface area contributed by atoms with E-state index in [0.29, 0.717) is 11.3 Å². The topological polar surface area (TPSA) is 68.0 Å². The third kappa shape index (κ3) is 4.29. The van der Waals surface area contributed by atoms with Crippen LogP contribution in [0.4, 0.5) is 4.79 Å². The first-order valence-corrected chi connectivity index (χ1v) is 10.5. The molecule has 2 heterocycles. The van der Waals surface area contributed by atoms with Crippen molar-refractivity contribution < 1.29 is 18.8 Å². The number of benzene rings is 1. The average molecular weight is 395 g/mol. The summed E-state index contributed by atoms with van der Waals surface area (Å²) in [6.07, 6.45) is -0.409. The monoisotopic (exact) mass is 395 g/mol. The van der Waals surface area contributed by atoms with E-state index in [4.69, 9.17) is 14.0 Å². The summed E-state index contributed by atoms with van der Waals surface area (Å²) in [7, 11) is 3.29. The molecule has 1 aromatic carbocycles. The number of aromatic nitrogens is 1. The van der Waals surface area contributed by atoms with Crippen LogP contribution in [0.5, 0.6) is 5.75 Å². The second kappa shape index (κ2) is 8.01. The Morgan fingerprint density at radius 3 is 2.92 bits per heavy atom. The SMILES string of the molecule is CN(C)C(=O)Oc1ccc2c([AsH]CCN3CCOCC3)noc2c1. The molecule has 0 spiro atoms. The van der Waals surface area contributed by atoms with Gasteiger partial charge in [0.25, 0.3) is 0 Å². The molecule has 1 fully saturated rings. The van der Waals surface area contributed by atoms with Crippen LogP contribution in [-0.4, -0.2) is 83.7 Å². The van der Waals surface area contributed by atoms with Gasteiger partial charge in [0.05, 0.1) is 0 Å². The quantitative estimate of drug-likeness (QED) is 0.695. The molecule has 7 nitrogen and oxygen atoms in total. The number of ether oxygens (including phenoxy) is 2. The summed E-state index contributed by atoms with van der Waals surface area (Å²) >= 11 is -0.352. The van der Waals surface area contributed by atoms with E-state index in [9.17, 15) is 4.79 Å². The van der Waals surface area contributed by atoms with Gasteiger partial charge in [-0.3, -0.25) is 0 Å². The molecule has 3 rings (SSSR count). The van der Waals surface area contributed by atoms with Crippen LogP contribution in [0.3, 0.4) is 0 Å². The number of nitrogens with zero attached hydrogens (tertiary/aromatic N) is 3. The van der Waals surface area contributed by atoms with Gasteiger partial charge in [-0.2, -0.15) is 0 Å². The molecule has 8 heteroatoms. The molecule has 24 heavy (non-hydrogen) atoms. The van der Waals surface area contributed by atoms with Crippen LogP contribution < -0.4 is 9.22 Å². The molecule has 0 N–H and O–H groups in total. The third-order valence-corrected chi connectivity index (χ3v) is 6.29. The van der Waals surface area contributed by atoms with Crippen molar-refractivity contribution in [2.45, 2.75) is 5.21 Å². The van der Waals surface area contributed by atoms with Gasteiger partial charge in [-0.05, 0) is 0 Å². The Hall–Kier alpha value is -1.56. The standard InChI is InChI=1S/C16H22AsN3O4/c1-19(2)16(21)23-12-3-4-13-14(11-12)24-18-15(13)17-5-6-20-7-9-22-10-8-20/h3-4,11,17H,5-10H2,1-2H3. The van der Waals surface area contributed by atoms with Crippen molar-refractivity contribution in [2.75, 3.05) is 46.9 Å². The summed E-state index contributed by atoms with van der Waals surface area (Å²) in [5.41, 5.74) is 0.671. The number of carbonyl (C=O) groups excluding carboxylic acids is 1. The van der Waals surface area contributed by atoms with Crippen LogP contribution in [0.1, 0.15) is 0 Å². The van der Waals surface area contributed by atoms with E-state index >= 15 is 0 Å². The molecular formula is C16H22AsN3O4. The second-order valence-corrected chi connectivity index (χ2v) is 8.62. The summed E-state index contributed by atoms with van der Waals surface area (Å²) in [5.74, 6) is 0.470. The predicted octanol–water partition coefficient (Wildman–Crippen LogP) is 0.700. The van der Waals surface area contributed by atoms with Crippen molar-refractivity contribution >= 4 is 37.3 Å². The molecule has 1 amide bonds. The van der Waals surface area contributed by atoms with Crippen LogP contribution in [0.25, 0.3) is 11.0 Å². The molecule has 1 aromatic heterocycles. The summed E-state index contributed by atoms with van der Waals surface area (Å²) in [6.45, 7) is 4.80. The Balaban J connectivity index is 1.59. The van der Waals surface area contributed by atoms with Crippen LogP contribution in [0, 0.1) is 0 Å². The number of amides is 1. The molecule has 0 radical (unpaired) electrons. The van der Waals surface area contributed by atoms with E-state index < -0.39 is 6.09 Å². The van der Waals surface area contributed by atoms with Gasteiger partial charge < -0.3 is 0 Å². The van der Waals surface area contributed by atoms with Gasteiger partial charge in [-0.25, -0.2) is 0 Å². The molecule has 0 saturated carbocycles. The fourth-order valence-electron chi connectivity index (χ4n) is 2.46. The average Bonchev–Trinajstić information content (AvgIpc) is 2.98. The van der Waals surface area contributed by atoms with Gasteiger partial charge in [0, 0.05) is 0 Å². The maximum atomic E-state index is 11.6. The van der Waals surface area contributed by atoms with Crippen molar-refractivity contribution in [3.8, 4) is 5.75 Å². The zero-order chi connectivity index (χ0) is 16.9. The summed E-state index contributed by atoms with van der Waals surface area (Å²) in [5, 5.41) is 6.40. The Bertz CT molecular complexity index is 698. The second-order valence-electron chi connectivity index (χ2n) is 5.83. The van der Waals surface area contributed by atoms with Crippen LogP contribution in [-0.2, 0) is 4.74 Å². The number of hydrogen-bond donors (Lipinski definition) is 0. The normalized spacial score (nSPS) is 16.1. The molecule has 1 aliphatic rings. The Kier molecular flexibility index (Phi) is 5.76. The van der Waals surface area contributed by atoms with Crippen molar-refractivity contribution in [1.29, 1.82) is 0 Å². The summed E-state index contributed by atoms with van der Waals surface area (Å²) in [4.78, 5) is 15.4. The molecule has 1 saturated heterocycles. The van der Waals surface area contributed by atoms with Crippen molar-refractivity contribution in [3.63, 3.8) is 0 Å². The van der Waals surface area contributed by atoms with Gasteiger partial charge >= 0.3 is 147 Å². The minimum atomic E-state index is -0.409. The Morgan fingerprint density at radius 1 is 1.38 bits per heavy atom. The van der Waals surface area contributed by atoms with E-state index in [1.54, 1.807) is 26.2 Å². The minimum absolute atomic E-state index is 0.352. The van der Waals surface area contributed by atoms with Gasteiger partial charge in [0.15, 0.2) is 0 Å². The number of rotatable bonds is 5. The molecule has 2 aromatic rings. The summed E-state index contributed by atoms with van der Waals surface area (Å²) in [6, 6.07) is 5.44. The first-order chi connectivity index (χ1) is 11.6. The van der Waals surface area contributed by atoms with Gasteiger partial charge in [0.1, 0.15) is 0 Å². The first-order valence-electron chi connectivity index (χ1n) is 7.96. The van der Waals surface area contributed by atoms with E-state index in [1.807, 2.05) is 6.07 Å². The van der Waals surface area contributed by atoms with Crippen molar-refractivity contribution in [2.24, 2.45) is 0 Å². The predicted molar refractivity (Wildman–Crippen MR) is 92.6 cm³/mol. The molecule has 0 bridgehead atoms.